The van der Waals surface area contributed by atoms with E-state index in [-0.39, 0.29) is 5.82 Å². The lowest BCUT2D eigenvalue weighted by Gasteiger charge is -2.17. The Morgan fingerprint density at radius 2 is 1.96 bits per heavy atom. The van der Waals surface area contributed by atoms with Gasteiger partial charge in [0.15, 0.2) is 0 Å². The number of halogens is 1. The molecule has 1 saturated carbocycles. The maximum atomic E-state index is 13.7. The number of benzene rings is 2. The van der Waals surface area contributed by atoms with Crippen LogP contribution in [0.25, 0.3) is 28.2 Å². The summed E-state index contributed by atoms with van der Waals surface area (Å²) in [7, 11) is 1.60. The number of nitrogens with one attached hydrogen (secondary N) is 1. The molecule has 0 atom stereocenters. The van der Waals surface area contributed by atoms with Crippen LogP contribution in [0, 0.1) is 11.7 Å². The molecule has 0 amide bonds. The SMILES string of the molecule is COc1ccc(F)cc1-c1ccc2[nH]c(/C=C/C3CCCCC3)nc2c1. The van der Waals surface area contributed by atoms with E-state index in [0.717, 1.165) is 28.0 Å². The van der Waals surface area contributed by atoms with E-state index in [1.807, 2.05) is 18.2 Å². The predicted octanol–water partition coefficient (Wildman–Crippen LogP) is 5.97. The Hall–Kier alpha value is -2.62. The zero-order valence-electron chi connectivity index (χ0n) is 15.0. The molecular formula is C22H23FN2O. The van der Waals surface area contributed by atoms with Gasteiger partial charge in [-0.05, 0) is 60.7 Å². The van der Waals surface area contributed by atoms with E-state index in [9.17, 15) is 4.39 Å². The number of imidazole rings is 1. The van der Waals surface area contributed by atoms with Gasteiger partial charge in [0.25, 0.3) is 0 Å². The van der Waals surface area contributed by atoms with Gasteiger partial charge in [-0.15, -0.1) is 0 Å². The third-order valence-electron chi connectivity index (χ3n) is 5.15. The second kappa shape index (κ2) is 7.32. The van der Waals surface area contributed by atoms with Crippen LogP contribution in [0.15, 0.2) is 42.5 Å². The van der Waals surface area contributed by atoms with E-state index < -0.39 is 0 Å². The van der Waals surface area contributed by atoms with Crippen molar-refractivity contribution in [1.82, 2.24) is 9.97 Å². The molecule has 0 unspecified atom stereocenters. The molecule has 0 aliphatic heterocycles. The van der Waals surface area contributed by atoms with Crippen LogP contribution in [0.5, 0.6) is 5.75 Å². The number of fused-ring (bicyclic) bond motifs is 1. The first-order valence-electron chi connectivity index (χ1n) is 9.25. The number of hydrogen-bond acceptors (Lipinski definition) is 2. The van der Waals surface area contributed by atoms with Crippen LogP contribution in [0.1, 0.15) is 37.9 Å². The number of allylic oxidation sites excluding steroid dienone is 1. The monoisotopic (exact) mass is 350 g/mol. The van der Waals surface area contributed by atoms with Gasteiger partial charge in [0.05, 0.1) is 18.1 Å². The van der Waals surface area contributed by atoms with E-state index in [1.54, 1.807) is 13.2 Å². The van der Waals surface area contributed by atoms with Gasteiger partial charge in [-0.2, -0.15) is 0 Å². The highest BCUT2D eigenvalue weighted by atomic mass is 19.1. The molecule has 3 nitrogen and oxygen atoms in total. The minimum atomic E-state index is -0.279. The zero-order chi connectivity index (χ0) is 17.9. The van der Waals surface area contributed by atoms with E-state index in [0.29, 0.717) is 11.7 Å². The Kier molecular flexibility index (Phi) is 4.74. The average molecular weight is 350 g/mol. The van der Waals surface area contributed by atoms with Gasteiger partial charge in [0, 0.05) is 5.56 Å². The molecule has 26 heavy (non-hydrogen) atoms. The molecule has 4 heteroatoms. The van der Waals surface area contributed by atoms with Gasteiger partial charge in [-0.25, -0.2) is 9.37 Å². The van der Waals surface area contributed by atoms with Crippen molar-refractivity contribution in [3.05, 3.63) is 54.1 Å². The van der Waals surface area contributed by atoms with Crippen LogP contribution in [-0.4, -0.2) is 17.1 Å². The van der Waals surface area contributed by atoms with E-state index in [4.69, 9.17) is 4.74 Å². The van der Waals surface area contributed by atoms with Crippen molar-refractivity contribution in [2.45, 2.75) is 32.1 Å². The highest BCUT2D eigenvalue weighted by Gasteiger charge is 2.11. The number of aromatic amines is 1. The topological polar surface area (TPSA) is 37.9 Å². The summed E-state index contributed by atoms with van der Waals surface area (Å²) in [6.07, 6.45) is 11.0. The summed E-state index contributed by atoms with van der Waals surface area (Å²) in [6.45, 7) is 0. The quantitative estimate of drug-likeness (QED) is 0.629. The van der Waals surface area contributed by atoms with Crippen molar-refractivity contribution in [2.24, 2.45) is 5.92 Å². The fourth-order valence-electron chi connectivity index (χ4n) is 3.73. The van der Waals surface area contributed by atoms with E-state index in [1.165, 1.54) is 44.2 Å². The predicted molar refractivity (Wildman–Crippen MR) is 104 cm³/mol. The van der Waals surface area contributed by atoms with Crippen molar-refractivity contribution in [3.63, 3.8) is 0 Å². The summed E-state index contributed by atoms with van der Waals surface area (Å²) < 4.78 is 19.0. The highest BCUT2D eigenvalue weighted by Crippen LogP contribution is 2.32. The second-order valence-electron chi connectivity index (χ2n) is 6.96. The molecule has 1 heterocycles. The van der Waals surface area contributed by atoms with Crippen LogP contribution in [-0.2, 0) is 0 Å². The minimum Gasteiger partial charge on any atom is -0.496 e. The number of aromatic nitrogens is 2. The van der Waals surface area contributed by atoms with E-state index in [2.05, 4.69) is 22.1 Å². The van der Waals surface area contributed by atoms with E-state index >= 15 is 0 Å². The van der Waals surface area contributed by atoms with Gasteiger partial charge in [0.1, 0.15) is 17.4 Å². The molecule has 4 rings (SSSR count). The molecule has 134 valence electrons. The first-order chi connectivity index (χ1) is 12.7. The Bertz CT molecular complexity index is 938. The van der Waals surface area contributed by atoms with Crippen LogP contribution < -0.4 is 4.74 Å². The first-order valence-corrected chi connectivity index (χ1v) is 9.25. The van der Waals surface area contributed by atoms with Crippen molar-refractivity contribution in [1.29, 1.82) is 0 Å². The molecule has 0 bridgehead atoms. The number of methoxy groups -OCH3 is 1. The number of H-pyrrole nitrogens is 1. The van der Waals surface area contributed by atoms with Crippen molar-refractivity contribution in [3.8, 4) is 16.9 Å². The third kappa shape index (κ3) is 3.50. The number of hydrogen-bond donors (Lipinski definition) is 1. The summed E-state index contributed by atoms with van der Waals surface area (Å²) in [5.74, 6) is 1.91. The fourth-order valence-corrected chi connectivity index (χ4v) is 3.73. The minimum absolute atomic E-state index is 0.279. The lowest BCUT2D eigenvalue weighted by atomic mass is 9.89. The summed E-state index contributed by atoms with van der Waals surface area (Å²) >= 11 is 0. The fraction of sp³-hybridized carbons (Fsp3) is 0.318. The number of ether oxygens (including phenoxy) is 1. The van der Waals surface area contributed by atoms with Crippen molar-refractivity contribution < 1.29 is 9.13 Å². The normalized spacial score (nSPS) is 15.8. The van der Waals surface area contributed by atoms with Gasteiger partial charge < -0.3 is 9.72 Å². The summed E-state index contributed by atoms with van der Waals surface area (Å²) in [5, 5.41) is 0. The molecule has 1 fully saturated rings. The molecule has 2 aromatic carbocycles. The summed E-state index contributed by atoms with van der Waals surface area (Å²) in [4.78, 5) is 8.03. The maximum absolute atomic E-state index is 13.7. The summed E-state index contributed by atoms with van der Waals surface area (Å²) in [5.41, 5.74) is 3.48. The van der Waals surface area contributed by atoms with Gasteiger partial charge in [-0.3, -0.25) is 0 Å². The maximum Gasteiger partial charge on any atom is 0.130 e. The van der Waals surface area contributed by atoms with Gasteiger partial charge in [0.2, 0.25) is 0 Å². The molecule has 1 aliphatic carbocycles. The molecule has 1 N–H and O–H groups in total. The van der Waals surface area contributed by atoms with Crippen LogP contribution in [0.2, 0.25) is 0 Å². The second-order valence-corrected chi connectivity index (χ2v) is 6.96. The van der Waals surface area contributed by atoms with Crippen LogP contribution >= 0.6 is 0 Å². The Morgan fingerprint density at radius 3 is 2.77 bits per heavy atom. The Balaban J connectivity index is 1.64. The van der Waals surface area contributed by atoms with Crippen LogP contribution in [0.3, 0.4) is 0 Å². The largest absolute Gasteiger partial charge is 0.496 e. The number of rotatable bonds is 4. The molecule has 0 saturated heterocycles. The lowest BCUT2D eigenvalue weighted by molar-refractivity contribution is 0.415. The number of nitrogens with zero attached hydrogens (tertiary/aromatic N) is 1. The van der Waals surface area contributed by atoms with Crippen LogP contribution in [0.4, 0.5) is 4.39 Å². The Labute approximate surface area is 152 Å². The first kappa shape index (κ1) is 16.8. The van der Waals surface area contributed by atoms with Crippen molar-refractivity contribution >= 4 is 17.1 Å². The molecule has 0 radical (unpaired) electrons. The average Bonchev–Trinajstić information content (AvgIpc) is 3.09. The summed E-state index contributed by atoms with van der Waals surface area (Å²) in [6, 6.07) is 10.5. The molecule has 3 aromatic rings. The third-order valence-corrected chi connectivity index (χ3v) is 5.15. The Morgan fingerprint density at radius 1 is 1.12 bits per heavy atom. The smallest absolute Gasteiger partial charge is 0.130 e. The molecular weight excluding hydrogens is 327 g/mol. The molecule has 0 spiro atoms. The lowest BCUT2D eigenvalue weighted by Crippen LogP contribution is -2.02. The van der Waals surface area contributed by atoms with Crippen molar-refractivity contribution in [2.75, 3.05) is 7.11 Å². The van der Waals surface area contributed by atoms with Gasteiger partial charge in [-0.1, -0.05) is 31.4 Å². The highest BCUT2D eigenvalue weighted by molar-refractivity contribution is 5.84. The standard InChI is InChI=1S/C22H23FN2O/c1-26-21-11-9-17(23)14-18(21)16-8-10-19-20(13-16)25-22(24-19)12-7-15-5-3-2-4-6-15/h7-15H,2-6H2,1H3,(H,24,25)/b12-7+. The molecule has 1 aromatic heterocycles. The zero-order valence-corrected chi connectivity index (χ0v) is 15.0. The van der Waals surface area contributed by atoms with Gasteiger partial charge >= 0.3 is 0 Å². The molecule has 1 aliphatic rings.